The second-order valence-electron chi connectivity index (χ2n) is 6.10. The summed E-state index contributed by atoms with van der Waals surface area (Å²) in [5, 5.41) is 5.62. The summed E-state index contributed by atoms with van der Waals surface area (Å²) in [7, 11) is 3.19. The Balaban J connectivity index is 1.61. The molecule has 0 spiro atoms. The van der Waals surface area contributed by atoms with Crippen molar-refractivity contribution in [2.45, 2.75) is 6.42 Å². The summed E-state index contributed by atoms with van der Waals surface area (Å²) in [6.07, 6.45) is 2.89. The SMILES string of the molecule is COc1cc2nc(Cl)nc(NCCc3c[nH]c4ccccc34)c2cc1OC. The second-order valence-corrected chi connectivity index (χ2v) is 6.44. The zero-order valence-corrected chi connectivity index (χ0v) is 15.8. The number of benzene rings is 2. The first kappa shape index (κ1) is 17.4. The summed E-state index contributed by atoms with van der Waals surface area (Å²) < 4.78 is 10.7. The number of nitrogens with one attached hydrogen (secondary N) is 2. The lowest BCUT2D eigenvalue weighted by Gasteiger charge is -2.12. The highest BCUT2D eigenvalue weighted by atomic mass is 35.5. The molecule has 6 nitrogen and oxygen atoms in total. The van der Waals surface area contributed by atoms with Crippen LogP contribution in [0.1, 0.15) is 5.56 Å². The number of fused-ring (bicyclic) bond motifs is 2. The summed E-state index contributed by atoms with van der Waals surface area (Å²) in [4.78, 5) is 11.9. The van der Waals surface area contributed by atoms with Gasteiger partial charge in [0.1, 0.15) is 5.82 Å². The minimum absolute atomic E-state index is 0.185. The second kappa shape index (κ2) is 7.32. The van der Waals surface area contributed by atoms with E-state index in [2.05, 4.69) is 32.4 Å². The number of halogens is 1. The quantitative estimate of drug-likeness (QED) is 0.482. The topological polar surface area (TPSA) is 72.1 Å². The van der Waals surface area contributed by atoms with Crippen LogP contribution in [0.2, 0.25) is 5.28 Å². The molecule has 0 saturated carbocycles. The van der Waals surface area contributed by atoms with Gasteiger partial charge in [-0.05, 0) is 35.7 Å². The molecule has 4 aromatic rings. The lowest BCUT2D eigenvalue weighted by atomic mass is 10.1. The van der Waals surface area contributed by atoms with Gasteiger partial charge in [0.05, 0.1) is 19.7 Å². The van der Waals surface area contributed by atoms with Crippen molar-refractivity contribution in [3.63, 3.8) is 0 Å². The van der Waals surface area contributed by atoms with Crippen molar-refractivity contribution in [1.82, 2.24) is 15.0 Å². The van der Waals surface area contributed by atoms with Crippen LogP contribution in [0.15, 0.2) is 42.6 Å². The first-order chi connectivity index (χ1) is 13.2. The normalized spacial score (nSPS) is 11.1. The van der Waals surface area contributed by atoms with Crippen molar-refractivity contribution >= 4 is 39.2 Å². The minimum Gasteiger partial charge on any atom is -0.493 e. The molecule has 27 heavy (non-hydrogen) atoms. The minimum atomic E-state index is 0.185. The van der Waals surface area contributed by atoms with Crippen molar-refractivity contribution in [2.24, 2.45) is 0 Å². The number of para-hydroxylation sites is 1. The summed E-state index contributed by atoms with van der Waals surface area (Å²) in [5.74, 6) is 1.89. The lowest BCUT2D eigenvalue weighted by Crippen LogP contribution is -2.07. The molecule has 7 heteroatoms. The van der Waals surface area contributed by atoms with Crippen molar-refractivity contribution in [3.8, 4) is 11.5 Å². The average molecular weight is 383 g/mol. The standard InChI is InChI=1S/C20H19ClN4O2/c1-26-17-9-14-16(10-18(17)27-2)24-20(21)25-19(14)22-8-7-12-11-23-15-6-4-3-5-13(12)15/h3-6,9-11,23H,7-8H2,1-2H3,(H,22,24,25). The third-order valence-electron chi connectivity index (χ3n) is 4.54. The molecule has 0 amide bonds. The maximum absolute atomic E-state index is 6.11. The first-order valence-electron chi connectivity index (χ1n) is 8.57. The molecule has 0 aliphatic heterocycles. The summed E-state index contributed by atoms with van der Waals surface area (Å²) in [6, 6.07) is 11.9. The van der Waals surface area contributed by atoms with Crippen LogP contribution in [-0.2, 0) is 6.42 Å². The zero-order chi connectivity index (χ0) is 18.8. The van der Waals surface area contributed by atoms with Gasteiger partial charge in [-0.3, -0.25) is 0 Å². The monoisotopic (exact) mass is 382 g/mol. The summed E-state index contributed by atoms with van der Waals surface area (Å²) in [6.45, 7) is 0.707. The van der Waals surface area contributed by atoms with Crippen LogP contribution in [-0.4, -0.2) is 35.7 Å². The fourth-order valence-corrected chi connectivity index (χ4v) is 3.39. The lowest BCUT2D eigenvalue weighted by molar-refractivity contribution is 0.356. The number of hydrogen-bond acceptors (Lipinski definition) is 5. The maximum atomic E-state index is 6.11. The molecule has 0 aliphatic rings. The van der Waals surface area contributed by atoms with Gasteiger partial charge in [0.25, 0.3) is 0 Å². The molecule has 2 aromatic carbocycles. The molecule has 2 heterocycles. The van der Waals surface area contributed by atoms with Crippen LogP contribution in [0.4, 0.5) is 5.82 Å². The van der Waals surface area contributed by atoms with E-state index in [9.17, 15) is 0 Å². The van der Waals surface area contributed by atoms with Crippen LogP contribution in [0.25, 0.3) is 21.8 Å². The van der Waals surface area contributed by atoms with Gasteiger partial charge in [0, 0.05) is 35.1 Å². The Hall–Kier alpha value is -2.99. The van der Waals surface area contributed by atoms with E-state index >= 15 is 0 Å². The van der Waals surface area contributed by atoms with Gasteiger partial charge in [-0.15, -0.1) is 0 Å². The molecule has 0 atom stereocenters. The Morgan fingerprint density at radius 1 is 1.04 bits per heavy atom. The first-order valence-corrected chi connectivity index (χ1v) is 8.95. The molecule has 2 aromatic heterocycles. The van der Waals surface area contributed by atoms with E-state index in [-0.39, 0.29) is 5.28 Å². The third-order valence-corrected chi connectivity index (χ3v) is 4.70. The molecular formula is C20H19ClN4O2. The number of nitrogens with zero attached hydrogens (tertiary/aromatic N) is 2. The van der Waals surface area contributed by atoms with Crippen LogP contribution < -0.4 is 14.8 Å². The molecule has 2 N–H and O–H groups in total. The van der Waals surface area contributed by atoms with Crippen molar-refractivity contribution in [3.05, 3.63) is 53.4 Å². The van der Waals surface area contributed by atoms with Crippen molar-refractivity contribution < 1.29 is 9.47 Å². The zero-order valence-electron chi connectivity index (χ0n) is 15.0. The number of aromatic nitrogens is 3. The smallest absolute Gasteiger partial charge is 0.224 e. The molecule has 0 aliphatic carbocycles. The Morgan fingerprint density at radius 2 is 1.81 bits per heavy atom. The molecule has 0 unspecified atom stereocenters. The highest BCUT2D eigenvalue weighted by Crippen LogP contribution is 2.34. The summed E-state index contributed by atoms with van der Waals surface area (Å²) in [5.41, 5.74) is 3.09. The number of aromatic amines is 1. The van der Waals surface area contributed by atoms with E-state index in [1.54, 1.807) is 20.3 Å². The molecular weight excluding hydrogens is 364 g/mol. The van der Waals surface area contributed by atoms with Crippen LogP contribution >= 0.6 is 11.6 Å². The van der Waals surface area contributed by atoms with Gasteiger partial charge >= 0.3 is 0 Å². The van der Waals surface area contributed by atoms with Crippen LogP contribution in [0.3, 0.4) is 0 Å². The van der Waals surface area contributed by atoms with E-state index in [1.807, 2.05) is 24.4 Å². The number of H-pyrrole nitrogens is 1. The Labute approximate surface area is 161 Å². The van der Waals surface area contributed by atoms with Gasteiger partial charge in [-0.1, -0.05) is 18.2 Å². The maximum Gasteiger partial charge on any atom is 0.224 e. The van der Waals surface area contributed by atoms with Crippen molar-refractivity contribution in [2.75, 3.05) is 26.1 Å². The highest BCUT2D eigenvalue weighted by Gasteiger charge is 2.13. The van der Waals surface area contributed by atoms with E-state index in [1.165, 1.54) is 10.9 Å². The largest absolute Gasteiger partial charge is 0.493 e. The predicted octanol–water partition coefficient (Wildman–Crippen LogP) is 4.44. The van der Waals surface area contributed by atoms with Gasteiger partial charge in [0.15, 0.2) is 11.5 Å². The molecule has 0 saturated heterocycles. The fraction of sp³-hybridized carbons (Fsp3) is 0.200. The van der Waals surface area contributed by atoms with Crippen LogP contribution in [0.5, 0.6) is 11.5 Å². The highest BCUT2D eigenvalue weighted by molar-refractivity contribution is 6.28. The van der Waals surface area contributed by atoms with Crippen molar-refractivity contribution in [1.29, 1.82) is 0 Å². The molecule has 138 valence electrons. The van der Waals surface area contributed by atoms with E-state index in [4.69, 9.17) is 21.1 Å². The number of ether oxygens (including phenoxy) is 2. The molecule has 4 rings (SSSR count). The van der Waals surface area contributed by atoms with Gasteiger partial charge in [-0.2, -0.15) is 0 Å². The predicted molar refractivity (Wildman–Crippen MR) is 108 cm³/mol. The van der Waals surface area contributed by atoms with E-state index in [0.29, 0.717) is 29.4 Å². The van der Waals surface area contributed by atoms with Gasteiger partial charge in [0.2, 0.25) is 5.28 Å². The van der Waals surface area contributed by atoms with Gasteiger partial charge in [-0.25, -0.2) is 9.97 Å². The average Bonchev–Trinajstić information content (AvgIpc) is 3.10. The molecule has 0 fully saturated rings. The number of hydrogen-bond donors (Lipinski definition) is 2. The van der Waals surface area contributed by atoms with Crippen LogP contribution in [0, 0.1) is 0 Å². The number of anilines is 1. The third kappa shape index (κ3) is 3.36. The Morgan fingerprint density at radius 3 is 2.63 bits per heavy atom. The summed E-state index contributed by atoms with van der Waals surface area (Å²) >= 11 is 6.11. The van der Waals surface area contributed by atoms with Gasteiger partial charge < -0.3 is 19.8 Å². The van der Waals surface area contributed by atoms with E-state index in [0.717, 1.165) is 17.3 Å². The van der Waals surface area contributed by atoms with E-state index < -0.39 is 0 Å². The Kier molecular flexibility index (Phi) is 4.73. The fourth-order valence-electron chi connectivity index (χ4n) is 3.22. The molecule has 0 radical (unpaired) electrons. The number of methoxy groups -OCH3 is 2. The Bertz CT molecular complexity index is 1110. The number of rotatable bonds is 6. The molecule has 0 bridgehead atoms.